The third kappa shape index (κ3) is 2.49. The lowest BCUT2D eigenvalue weighted by Crippen LogP contribution is -2.42. The zero-order valence-corrected chi connectivity index (χ0v) is 9.70. The lowest BCUT2D eigenvalue weighted by molar-refractivity contribution is 0.233. The van der Waals surface area contributed by atoms with E-state index < -0.39 is 10.0 Å². The van der Waals surface area contributed by atoms with Crippen LogP contribution in [0.3, 0.4) is 0 Å². The van der Waals surface area contributed by atoms with Gasteiger partial charge in [0.2, 0.25) is 10.0 Å². The third-order valence-corrected chi connectivity index (χ3v) is 4.53. The largest absolute Gasteiger partial charge is 0.307 e. The van der Waals surface area contributed by atoms with Gasteiger partial charge in [0.15, 0.2) is 0 Å². The summed E-state index contributed by atoms with van der Waals surface area (Å²) in [5, 5.41) is 4.00. The van der Waals surface area contributed by atoms with E-state index in [-0.39, 0.29) is 0 Å². The van der Waals surface area contributed by atoms with E-state index in [2.05, 4.69) is 10.5 Å². The van der Waals surface area contributed by atoms with Crippen LogP contribution in [0, 0.1) is 5.92 Å². The molecular weight excluding hydrogens is 214 g/mol. The maximum atomic E-state index is 11.3. The summed E-state index contributed by atoms with van der Waals surface area (Å²) in [5.41, 5.74) is 3.08. The Morgan fingerprint density at radius 2 is 2.07 bits per heavy atom. The molecule has 86 valence electrons. The van der Waals surface area contributed by atoms with Crippen molar-refractivity contribution < 1.29 is 8.42 Å². The van der Waals surface area contributed by atoms with Gasteiger partial charge in [-0.15, -0.1) is 0 Å². The summed E-state index contributed by atoms with van der Waals surface area (Å²) in [5.74, 6) is 0.561. The van der Waals surface area contributed by atoms with Crippen molar-refractivity contribution in [3.05, 3.63) is 0 Å². The Balaban J connectivity index is 1.87. The van der Waals surface area contributed by atoms with E-state index in [0.717, 1.165) is 19.3 Å². The van der Waals surface area contributed by atoms with E-state index in [1.165, 1.54) is 6.26 Å². The Morgan fingerprint density at radius 1 is 1.40 bits per heavy atom. The van der Waals surface area contributed by atoms with Gasteiger partial charge in [0.05, 0.1) is 12.3 Å². The van der Waals surface area contributed by atoms with Gasteiger partial charge in [-0.1, -0.05) is 0 Å². The fourth-order valence-electron chi connectivity index (χ4n) is 2.28. The first-order valence-corrected chi connectivity index (χ1v) is 7.14. The number of nitrogens with zero attached hydrogens (tertiary/aromatic N) is 2. The van der Waals surface area contributed by atoms with E-state index in [1.807, 2.05) is 6.21 Å². The van der Waals surface area contributed by atoms with Crippen LogP contribution in [0.15, 0.2) is 5.10 Å². The summed E-state index contributed by atoms with van der Waals surface area (Å²) in [6.07, 6.45) is 6.03. The number of rotatable bonds is 2. The Kier molecular flexibility index (Phi) is 2.97. The van der Waals surface area contributed by atoms with Crippen LogP contribution in [0.4, 0.5) is 0 Å². The van der Waals surface area contributed by atoms with Gasteiger partial charge < -0.3 is 5.43 Å². The van der Waals surface area contributed by atoms with Gasteiger partial charge in [0, 0.05) is 25.7 Å². The zero-order chi connectivity index (χ0) is 10.9. The first-order valence-electron chi connectivity index (χ1n) is 5.29. The molecule has 0 bridgehead atoms. The second-order valence-corrected chi connectivity index (χ2v) is 6.26. The molecule has 0 radical (unpaired) electrons. The highest BCUT2D eigenvalue weighted by Crippen LogP contribution is 2.24. The van der Waals surface area contributed by atoms with Crippen LogP contribution in [-0.4, -0.2) is 44.3 Å². The molecule has 1 unspecified atom stereocenters. The molecule has 2 rings (SSSR count). The molecule has 1 N–H and O–H groups in total. The minimum absolute atomic E-state index is 0.423. The molecule has 2 heterocycles. The Morgan fingerprint density at radius 3 is 2.53 bits per heavy atom. The highest BCUT2D eigenvalue weighted by atomic mass is 32.2. The average molecular weight is 231 g/mol. The number of hydrazone groups is 1. The third-order valence-electron chi connectivity index (χ3n) is 3.23. The highest BCUT2D eigenvalue weighted by molar-refractivity contribution is 7.88. The minimum Gasteiger partial charge on any atom is -0.307 e. The van der Waals surface area contributed by atoms with Gasteiger partial charge >= 0.3 is 0 Å². The molecule has 0 aromatic rings. The maximum absolute atomic E-state index is 11.3. The van der Waals surface area contributed by atoms with Crippen LogP contribution in [0.2, 0.25) is 0 Å². The topological polar surface area (TPSA) is 61.8 Å². The van der Waals surface area contributed by atoms with Crippen molar-refractivity contribution in [3.8, 4) is 0 Å². The van der Waals surface area contributed by atoms with E-state index in [9.17, 15) is 8.42 Å². The summed E-state index contributed by atoms with van der Waals surface area (Å²) in [6, 6.07) is 0.423. The molecular formula is C9H17N3O2S. The summed E-state index contributed by atoms with van der Waals surface area (Å²) in [4.78, 5) is 0. The molecule has 0 saturated carbocycles. The fourth-order valence-corrected chi connectivity index (χ4v) is 3.15. The van der Waals surface area contributed by atoms with Crippen LogP contribution >= 0.6 is 0 Å². The van der Waals surface area contributed by atoms with Crippen LogP contribution in [0.25, 0.3) is 0 Å². The molecule has 0 amide bonds. The molecule has 1 fully saturated rings. The van der Waals surface area contributed by atoms with Crippen LogP contribution < -0.4 is 5.43 Å². The van der Waals surface area contributed by atoms with Crippen LogP contribution in [0.1, 0.15) is 19.3 Å². The minimum atomic E-state index is -2.99. The van der Waals surface area contributed by atoms with Crippen LogP contribution in [-0.2, 0) is 10.0 Å². The van der Waals surface area contributed by atoms with Gasteiger partial charge in [0.1, 0.15) is 0 Å². The van der Waals surface area contributed by atoms with Gasteiger partial charge in [-0.2, -0.15) is 5.10 Å². The van der Waals surface area contributed by atoms with Crippen molar-refractivity contribution in [3.63, 3.8) is 0 Å². The normalized spacial score (nSPS) is 29.3. The van der Waals surface area contributed by atoms with Crippen LogP contribution in [0.5, 0.6) is 0 Å². The molecule has 6 heteroatoms. The SMILES string of the molecule is CS(=O)(=O)N1CCC(C2CC=NN2)CC1. The average Bonchev–Trinajstić information content (AvgIpc) is 2.69. The number of piperidine rings is 1. The summed E-state index contributed by atoms with van der Waals surface area (Å²) in [6.45, 7) is 1.31. The van der Waals surface area contributed by atoms with E-state index in [1.54, 1.807) is 4.31 Å². The molecule has 0 aromatic heterocycles. The van der Waals surface area contributed by atoms with Crippen molar-refractivity contribution in [1.29, 1.82) is 0 Å². The van der Waals surface area contributed by atoms with Crippen molar-refractivity contribution in [1.82, 2.24) is 9.73 Å². The maximum Gasteiger partial charge on any atom is 0.211 e. The first-order chi connectivity index (χ1) is 7.07. The predicted molar refractivity (Wildman–Crippen MR) is 59.2 cm³/mol. The van der Waals surface area contributed by atoms with Gasteiger partial charge in [-0.3, -0.25) is 0 Å². The molecule has 0 aliphatic carbocycles. The summed E-state index contributed by atoms with van der Waals surface area (Å²) >= 11 is 0. The quantitative estimate of drug-likeness (QED) is 0.728. The van der Waals surface area contributed by atoms with E-state index in [0.29, 0.717) is 25.0 Å². The zero-order valence-electron chi connectivity index (χ0n) is 8.89. The summed E-state index contributed by atoms with van der Waals surface area (Å²) in [7, 11) is -2.99. The second-order valence-electron chi connectivity index (χ2n) is 4.28. The van der Waals surface area contributed by atoms with Gasteiger partial charge in [-0.25, -0.2) is 12.7 Å². The summed E-state index contributed by atoms with van der Waals surface area (Å²) < 4.78 is 24.2. The molecule has 15 heavy (non-hydrogen) atoms. The van der Waals surface area contributed by atoms with Crippen molar-refractivity contribution in [2.75, 3.05) is 19.3 Å². The molecule has 0 aromatic carbocycles. The molecule has 1 saturated heterocycles. The molecule has 2 aliphatic heterocycles. The lowest BCUT2D eigenvalue weighted by atomic mass is 9.89. The fraction of sp³-hybridized carbons (Fsp3) is 0.889. The van der Waals surface area contributed by atoms with E-state index in [4.69, 9.17) is 0 Å². The smallest absolute Gasteiger partial charge is 0.211 e. The van der Waals surface area contributed by atoms with Crippen molar-refractivity contribution >= 4 is 16.2 Å². The number of sulfonamides is 1. The van der Waals surface area contributed by atoms with E-state index >= 15 is 0 Å². The van der Waals surface area contributed by atoms with Gasteiger partial charge in [-0.05, 0) is 18.8 Å². The lowest BCUT2D eigenvalue weighted by Gasteiger charge is -2.32. The standard InChI is InChI=1S/C9H17N3O2S/c1-15(13,14)12-6-3-8(4-7-12)9-2-5-10-11-9/h5,8-9,11H,2-4,6-7H2,1H3. The predicted octanol–water partition coefficient (Wildman–Crippen LogP) is 0.00570. The van der Waals surface area contributed by atoms with Crippen molar-refractivity contribution in [2.24, 2.45) is 11.0 Å². The second kappa shape index (κ2) is 4.09. The monoisotopic (exact) mass is 231 g/mol. The number of nitrogens with one attached hydrogen (secondary N) is 1. The molecule has 5 nitrogen and oxygen atoms in total. The molecule has 2 aliphatic rings. The molecule has 1 atom stereocenters. The number of hydrogen-bond donors (Lipinski definition) is 1. The first kappa shape index (κ1) is 10.9. The van der Waals surface area contributed by atoms with Gasteiger partial charge in [0.25, 0.3) is 0 Å². The highest BCUT2D eigenvalue weighted by Gasteiger charge is 2.30. The Hall–Kier alpha value is -0.620. The Labute approximate surface area is 90.6 Å². The molecule has 0 spiro atoms. The van der Waals surface area contributed by atoms with Crippen molar-refractivity contribution in [2.45, 2.75) is 25.3 Å². The number of hydrogen-bond acceptors (Lipinski definition) is 4. The Bertz CT molecular complexity index is 336.